The zero-order valence-corrected chi connectivity index (χ0v) is 17.9. The summed E-state index contributed by atoms with van der Waals surface area (Å²) in [5, 5.41) is 2.80. The van der Waals surface area contributed by atoms with Crippen molar-refractivity contribution in [3.8, 4) is 0 Å². The molecule has 2 aliphatic heterocycles. The number of nitrogens with zero attached hydrogens (tertiary/aromatic N) is 1. The minimum absolute atomic E-state index is 0.0698. The van der Waals surface area contributed by atoms with E-state index in [0.717, 1.165) is 0 Å². The van der Waals surface area contributed by atoms with E-state index in [1.54, 1.807) is 35.2 Å². The van der Waals surface area contributed by atoms with E-state index < -0.39 is 41.8 Å². The molecule has 1 N–H and O–H groups in total. The van der Waals surface area contributed by atoms with Crippen LogP contribution >= 0.6 is 0 Å². The fourth-order valence-electron chi connectivity index (χ4n) is 4.23. The highest BCUT2D eigenvalue weighted by Gasteiger charge is 2.44. The third kappa shape index (κ3) is 5.15. The zero-order valence-electron chi connectivity index (χ0n) is 17.9. The summed E-state index contributed by atoms with van der Waals surface area (Å²) in [6.45, 7) is 0.642. The Morgan fingerprint density at radius 2 is 1.68 bits per heavy atom. The van der Waals surface area contributed by atoms with Gasteiger partial charge in [0.1, 0.15) is 0 Å². The first-order valence-electron chi connectivity index (χ1n) is 10.6. The van der Waals surface area contributed by atoms with Crippen molar-refractivity contribution < 1.29 is 40.6 Å². The van der Waals surface area contributed by atoms with Crippen molar-refractivity contribution in [2.24, 2.45) is 0 Å². The molecule has 2 heterocycles. The van der Waals surface area contributed by atoms with Gasteiger partial charge in [0.15, 0.2) is 5.72 Å². The summed E-state index contributed by atoms with van der Waals surface area (Å²) < 4.78 is 90.7. The van der Waals surface area contributed by atoms with E-state index in [1.165, 1.54) is 0 Å². The van der Waals surface area contributed by atoms with Crippen LogP contribution in [0.1, 0.15) is 35.1 Å². The Kier molecular flexibility index (Phi) is 6.52. The fraction of sp³-hybridized carbons (Fsp3) is 0.435. The number of ether oxygens (including phenoxy) is 2. The lowest BCUT2D eigenvalue weighted by Gasteiger charge is -2.44. The van der Waals surface area contributed by atoms with Gasteiger partial charge in [-0.15, -0.1) is 0 Å². The number of rotatable bonds is 5. The lowest BCUT2D eigenvalue weighted by molar-refractivity contribution is -0.143. The van der Waals surface area contributed by atoms with E-state index in [-0.39, 0.29) is 30.6 Å². The van der Waals surface area contributed by atoms with Gasteiger partial charge < -0.3 is 19.7 Å². The predicted molar refractivity (Wildman–Crippen MR) is 108 cm³/mol. The highest BCUT2D eigenvalue weighted by atomic mass is 19.4. The van der Waals surface area contributed by atoms with Crippen LogP contribution in [0, 0.1) is 0 Å². The molecule has 5 nitrogen and oxygen atoms in total. The van der Waals surface area contributed by atoms with Crippen molar-refractivity contribution >= 4 is 6.03 Å². The summed E-state index contributed by atoms with van der Waals surface area (Å²) in [6.07, 6.45) is -9.01. The van der Waals surface area contributed by atoms with Gasteiger partial charge in [0, 0.05) is 25.1 Å². The Bertz CT molecular complexity index is 989. The van der Waals surface area contributed by atoms with E-state index in [1.807, 2.05) is 0 Å². The molecule has 0 bridgehead atoms. The van der Waals surface area contributed by atoms with Crippen molar-refractivity contribution in [3.05, 3.63) is 70.8 Å². The maximum absolute atomic E-state index is 13.2. The number of alkyl halides is 6. The van der Waals surface area contributed by atoms with Gasteiger partial charge in [-0.25, -0.2) is 4.79 Å². The summed E-state index contributed by atoms with van der Waals surface area (Å²) in [5.74, 6) is 0. The number of benzene rings is 2. The number of carbonyl (C=O) groups is 1. The Hall–Kier alpha value is -2.79. The topological polar surface area (TPSA) is 50.8 Å². The van der Waals surface area contributed by atoms with Gasteiger partial charge in [-0.1, -0.05) is 30.3 Å². The molecule has 2 atom stereocenters. The lowest BCUT2D eigenvalue weighted by Crippen LogP contribution is -2.61. The van der Waals surface area contributed by atoms with Gasteiger partial charge in [0.25, 0.3) is 0 Å². The standard InChI is InChI=1S/C23H22F6N2O3/c24-22(25,26)17-10-15(11-18(12-17)23(27,28)29)13-34-21(16-4-2-1-3-5-16)7-8-31(20(32)30-21)19-6-9-33-14-19/h1-5,10-12,19H,6-9,13-14H2,(H,30,32). The van der Waals surface area contributed by atoms with Crippen molar-refractivity contribution in [2.75, 3.05) is 19.8 Å². The number of nitrogens with one attached hydrogen (secondary N) is 1. The largest absolute Gasteiger partial charge is 0.416 e. The summed E-state index contributed by atoms with van der Waals surface area (Å²) in [7, 11) is 0. The quantitative estimate of drug-likeness (QED) is 0.582. The molecular weight excluding hydrogens is 466 g/mol. The molecule has 2 aromatic rings. The van der Waals surface area contributed by atoms with Crippen LogP contribution in [0.4, 0.5) is 31.1 Å². The first-order valence-corrected chi connectivity index (χ1v) is 10.6. The highest BCUT2D eigenvalue weighted by molar-refractivity contribution is 5.76. The molecule has 0 saturated carbocycles. The van der Waals surface area contributed by atoms with Gasteiger partial charge in [-0.3, -0.25) is 0 Å². The van der Waals surface area contributed by atoms with Gasteiger partial charge in [0.2, 0.25) is 0 Å². The first-order chi connectivity index (χ1) is 16.0. The normalized spacial score (nSPS) is 23.8. The smallest absolute Gasteiger partial charge is 0.379 e. The molecule has 2 amide bonds. The second-order valence-corrected chi connectivity index (χ2v) is 8.29. The van der Waals surface area contributed by atoms with Crippen LogP contribution in [0.25, 0.3) is 0 Å². The maximum atomic E-state index is 13.2. The van der Waals surface area contributed by atoms with Crippen LogP contribution in [-0.4, -0.2) is 36.7 Å². The number of hydrogen-bond acceptors (Lipinski definition) is 3. The van der Waals surface area contributed by atoms with E-state index in [4.69, 9.17) is 9.47 Å². The number of hydrogen-bond donors (Lipinski definition) is 1. The number of halogens is 6. The fourth-order valence-corrected chi connectivity index (χ4v) is 4.23. The Balaban J connectivity index is 1.62. The third-order valence-corrected chi connectivity index (χ3v) is 5.99. The zero-order chi connectivity index (χ0) is 24.6. The molecule has 2 saturated heterocycles. The van der Waals surface area contributed by atoms with Crippen LogP contribution in [0.3, 0.4) is 0 Å². The molecule has 34 heavy (non-hydrogen) atoms. The minimum Gasteiger partial charge on any atom is -0.379 e. The molecule has 2 fully saturated rings. The second-order valence-electron chi connectivity index (χ2n) is 8.29. The van der Waals surface area contributed by atoms with Gasteiger partial charge in [0.05, 0.1) is 30.4 Å². The van der Waals surface area contributed by atoms with Crippen LogP contribution < -0.4 is 5.32 Å². The molecule has 4 rings (SSSR count). The van der Waals surface area contributed by atoms with Crippen molar-refractivity contribution in [1.82, 2.24) is 10.2 Å². The van der Waals surface area contributed by atoms with E-state index in [0.29, 0.717) is 37.3 Å². The average molecular weight is 488 g/mol. The van der Waals surface area contributed by atoms with Gasteiger partial charge in [-0.2, -0.15) is 26.3 Å². The summed E-state index contributed by atoms with van der Waals surface area (Å²) in [6, 6.07) is 9.29. The monoisotopic (exact) mass is 488 g/mol. The molecule has 11 heteroatoms. The summed E-state index contributed by atoms with van der Waals surface area (Å²) >= 11 is 0. The van der Waals surface area contributed by atoms with Crippen molar-refractivity contribution in [3.63, 3.8) is 0 Å². The Labute approximate surface area is 191 Å². The van der Waals surface area contributed by atoms with Crippen LogP contribution in [0.5, 0.6) is 0 Å². The van der Waals surface area contributed by atoms with Crippen LogP contribution in [0.2, 0.25) is 0 Å². The molecule has 2 aliphatic rings. The van der Waals surface area contributed by atoms with Crippen LogP contribution in [-0.2, 0) is 34.2 Å². The van der Waals surface area contributed by atoms with E-state index in [2.05, 4.69) is 5.32 Å². The minimum atomic E-state index is -4.96. The summed E-state index contributed by atoms with van der Waals surface area (Å²) in [5.41, 5.74) is -4.03. The van der Waals surface area contributed by atoms with Gasteiger partial charge >= 0.3 is 18.4 Å². The molecule has 0 aromatic heterocycles. The first kappa shape index (κ1) is 24.3. The predicted octanol–water partition coefficient (Wildman–Crippen LogP) is 5.30. The molecule has 184 valence electrons. The maximum Gasteiger partial charge on any atom is 0.416 e. The summed E-state index contributed by atoms with van der Waals surface area (Å²) in [4.78, 5) is 14.5. The average Bonchev–Trinajstić information content (AvgIpc) is 3.31. The number of urea groups is 1. The van der Waals surface area contributed by atoms with E-state index >= 15 is 0 Å². The molecule has 0 aliphatic carbocycles. The highest BCUT2D eigenvalue weighted by Crippen LogP contribution is 2.38. The second kappa shape index (κ2) is 9.10. The molecule has 0 radical (unpaired) electrons. The molecule has 2 aromatic carbocycles. The third-order valence-electron chi connectivity index (χ3n) is 5.99. The van der Waals surface area contributed by atoms with Crippen LogP contribution in [0.15, 0.2) is 48.5 Å². The van der Waals surface area contributed by atoms with Crippen molar-refractivity contribution in [1.29, 1.82) is 0 Å². The molecular formula is C23H22F6N2O3. The Morgan fingerprint density at radius 1 is 1.03 bits per heavy atom. The van der Waals surface area contributed by atoms with Gasteiger partial charge in [-0.05, 0) is 30.2 Å². The SMILES string of the molecule is O=C1NC(OCc2cc(C(F)(F)F)cc(C(F)(F)F)c2)(c2ccccc2)CCN1C1CCOC1. The molecule has 0 spiro atoms. The Morgan fingerprint density at radius 3 is 2.21 bits per heavy atom. The molecule has 2 unspecified atom stereocenters. The lowest BCUT2D eigenvalue weighted by atomic mass is 9.96. The number of amides is 2. The number of carbonyl (C=O) groups excluding carboxylic acids is 1. The van der Waals surface area contributed by atoms with E-state index in [9.17, 15) is 31.1 Å². The van der Waals surface area contributed by atoms with Crippen molar-refractivity contribution in [2.45, 2.75) is 43.6 Å².